The zero-order chi connectivity index (χ0) is 24.7. The number of unbranched alkanes of at least 4 members (excludes halogenated alkanes) is 2. The van der Waals surface area contributed by atoms with Crippen molar-refractivity contribution >= 4 is 12.0 Å². The molecule has 0 radical (unpaired) electrons. The zero-order valence-electron chi connectivity index (χ0n) is 21.2. The first-order valence-electron chi connectivity index (χ1n) is 12.5. The molecule has 34 heavy (non-hydrogen) atoms. The Morgan fingerprint density at radius 2 is 2.12 bits per heavy atom. The van der Waals surface area contributed by atoms with Crippen molar-refractivity contribution in [3.63, 3.8) is 0 Å². The number of aliphatic imine (C=N–C) groups is 1. The third-order valence-electron chi connectivity index (χ3n) is 6.64. The molecule has 0 aromatic carbocycles. The summed E-state index contributed by atoms with van der Waals surface area (Å²) < 4.78 is 11.4. The largest absolute Gasteiger partial charge is 0.478 e. The van der Waals surface area contributed by atoms with Crippen molar-refractivity contribution in [3.05, 3.63) is 52.1 Å². The molecule has 186 valence electrons. The van der Waals surface area contributed by atoms with Gasteiger partial charge in [0.2, 0.25) is 0 Å². The number of hydrogen-bond acceptors (Lipinski definition) is 5. The molecule has 1 fully saturated rings. The van der Waals surface area contributed by atoms with Crippen LogP contribution in [0.25, 0.3) is 0 Å². The summed E-state index contributed by atoms with van der Waals surface area (Å²) in [6.07, 6.45) is 14.2. The lowest BCUT2D eigenvalue weighted by atomic mass is 9.84. The minimum Gasteiger partial charge on any atom is -0.478 e. The van der Waals surface area contributed by atoms with Crippen LogP contribution in [0, 0.1) is 0 Å². The second-order valence-corrected chi connectivity index (χ2v) is 9.66. The van der Waals surface area contributed by atoms with Crippen LogP contribution in [0.1, 0.15) is 103 Å². The summed E-state index contributed by atoms with van der Waals surface area (Å²) in [5.74, 6) is -0.458. The van der Waals surface area contributed by atoms with E-state index in [0.717, 1.165) is 57.1 Å². The number of aromatic nitrogens is 1. The Hall–Kier alpha value is -2.83. The predicted octanol–water partition coefficient (Wildman–Crippen LogP) is 6.35. The monoisotopic (exact) mass is 469 g/mol. The summed E-state index contributed by atoms with van der Waals surface area (Å²) >= 11 is 0. The van der Waals surface area contributed by atoms with Crippen LogP contribution in [0.4, 0.5) is 0 Å². The average molecular weight is 470 g/mol. The van der Waals surface area contributed by atoms with Gasteiger partial charge in [-0.05, 0) is 63.0 Å². The molecule has 7 heteroatoms. The van der Waals surface area contributed by atoms with E-state index in [1.807, 2.05) is 13.8 Å². The minimum absolute atomic E-state index is 0.0861. The van der Waals surface area contributed by atoms with Gasteiger partial charge in [-0.3, -0.25) is 0 Å². The molecule has 7 nitrogen and oxygen atoms in total. The van der Waals surface area contributed by atoms with Crippen LogP contribution < -0.4 is 5.32 Å². The van der Waals surface area contributed by atoms with Crippen LogP contribution in [-0.2, 0) is 15.1 Å². The molecule has 0 aliphatic heterocycles. The topological polar surface area (TPSA) is 97.0 Å². The van der Waals surface area contributed by atoms with Crippen molar-refractivity contribution in [2.24, 2.45) is 4.99 Å². The van der Waals surface area contributed by atoms with Gasteiger partial charge in [0.1, 0.15) is 11.5 Å². The van der Waals surface area contributed by atoms with E-state index >= 15 is 0 Å². The molecular formula is C27H39N3O4. The fourth-order valence-corrected chi connectivity index (χ4v) is 4.44. The molecule has 0 saturated heterocycles. The van der Waals surface area contributed by atoms with E-state index in [0.29, 0.717) is 5.76 Å². The smallest absolute Gasteiger partial charge is 0.354 e. The lowest BCUT2D eigenvalue weighted by Crippen LogP contribution is -2.42. The lowest BCUT2D eigenvalue weighted by molar-refractivity contribution is -0.156. The lowest BCUT2D eigenvalue weighted by Gasteiger charge is -2.29. The van der Waals surface area contributed by atoms with Crippen molar-refractivity contribution in [2.75, 3.05) is 7.05 Å². The summed E-state index contributed by atoms with van der Waals surface area (Å²) in [4.78, 5) is 16.6. The summed E-state index contributed by atoms with van der Waals surface area (Å²) in [6, 6.07) is 1.82. The highest BCUT2D eigenvalue weighted by atomic mass is 16.5. The highest BCUT2D eigenvalue weighted by molar-refractivity contribution is 5.85. The van der Waals surface area contributed by atoms with Gasteiger partial charge in [-0.15, -0.1) is 0 Å². The number of amidine groups is 1. The number of rotatable bonds is 9. The number of fused-ring (bicyclic) bond motifs is 2. The highest BCUT2D eigenvalue weighted by Crippen LogP contribution is 2.35. The maximum Gasteiger partial charge on any atom is 0.354 e. The molecular weight excluding hydrogens is 430 g/mol. The van der Waals surface area contributed by atoms with Crippen LogP contribution in [0.15, 0.2) is 50.2 Å². The van der Waals surface area contributed by atoms with E-state index < -0.39 is 11.6 Å². The maximum atomic E-state index is 12.3. The van der Waals surface area contributed by atoms with Gasteiger partial charge in [-0.2, -0.15) is 0 Å². The molecule has 2 aliphatic carbocycles. The molecule has 1 aromatic heterocycles. The summed E-state index contributed by atoms with van der Waals surface area (Å²) in [5, 5.41) is 17.5. The Balaban J connectivity index is 1.91. The number of nitrogens with one attached hydrogen (secondary N) is 1. The summed E-state index contributed by atoms with van der Waals surface area (Å²) in [6.45, 7) is 7.62. The first-order valence-corrected chi connectivity index (χ1v) is 12.5. The van der Waals surface area contributed by atoms with Gasteiger partial charge in [-0.25, -0.2) is 9.79 Å². The fraction of sp³-hybridized carbons (Fsp3) is 0.593. The molecule has 1 aromatic rings. The second-order valence-electron chi connectivity index (χ2n) is 9.66. The molecule has 2 aliphatic rings. The first-order chi connectivity index (χ1) is 16.3. The predicted molar refractivity (Wildman–Crippen MR) is 134 cm³/mol. The van der Waals surface area contributed by atoms with Gasteiger partial charge < -0.3 is 19.7 Å². The Morgan fingerprint density at radius 3 is 2.76 bits per heavy atom. The van der Waals surface area contributed by atoms with E-state index in [9.17, 15) is 9.90 Å². The van der Waals surface area contributed by atoms with Crippen molar-refractivity contribution < 1.29 is 19.2 Å². The molecule has 2 N–H and O–H groups in total. The Kier molecular flexibility index (Phi) is 8.75. The first kappa shape index (κ1) is 25.8. The van der Waals surface area contributed by atoms with E-state index in [2.05, 4.69) is 34.5 Å². The Labute approximate surface area is 203 Å². The van der Waals surface area contributed by atoms with Crippen molar-refractivity contribution in [1.29, 1.82) is 0 Å². The number of carboxylic acids is 1. The van der Waals surface area contributed by atoms with Gasteiger partial charge in [-0.1, -0.05) is 56.5 Å². The standard InChI is InChI=1S/C27H39N3O4/c1-6-7-8-13-20-14-9-11-19-12-10-15-21(16-19)24(20)29-26(28-5)33-27(4,25(31)32)23-17-22(18(2)3)34-30-23/h11,14,17-18H,6-10,12-13,15-16H2,1-5H3,(H,28,29)(H,31,32)/b19-11-,20-14?,24-21+. The molecule has 1 unspecified atom stereocenters. The van der Waals surface area contributed by atoms with Gasteiger partial charge >= 0.3 is 5.97 Å². The summed E-state index contributed by atoms with van der Waals surface area (Å²) in [5.41, 5.74) is 3.58. The Morgan fingerprint density at radius 1 is 1.32 bits per heavy atom. The molecule has 0 amide bonds. The van der Waals surface area contributed by atoms with Crippen LogP contribution >= 0.6 is 0 Å². The van der Waals surface area contributed by atoms with E-state index in [1.165, 1.54) is 30.1 Å². The zero-order valence-corrected chi connectivity index (χ0v) is 21.2. The van der Waals surface area contributed by atoms with Gasteiger partial charge in [0.25, 0.3) is 11.6 Å². The van der Waals surface area contributed by atoms with Gasteiger partial charge in [0.05, 0.1) is 0 Å². The van der Waals surface area contributed by atoms with Gasteiger partial charge in [0.15, 0.2) is 0 Å². The quantitative estimate of drug-likeness (QED) is 0.189. The normalized spacial score (nSPS) is 22.2. The molecule has 1 atom stereocenters. The maximum absolute atomic E-state index is 12.3. The number of ether oxygens (including phenoxy) is 1. The van der Waals surface area contributed by atoms with Crippen LogP contribution in [0.5, 0.6) is 0 Å². The number of hydrogen-bond donors (Lipinski definition) is 2. The molecule has 3 rings (SSSR count). The number of carboxylic acid groups (broad SMARTS) is 1. The number of carbonyl (C=O) groups is 1. The molecule has 1 saturated carbocycles. The summed E-state index contributed by atoms with van der Waals surface area (Å²) in [7, 11) is 1.60. The third kappa shape index (κ3) is 5.99. The molecule has 1 heterocycles. The molecule has 2 bridgehead atoms. The third-order valence-corrected chi connectivity index (χ3v) is 6.64. The van der Waals surface area contributed by atoms with Crippen molar-refractivity contribution in [2.45, 2.75) is 97.0 Å². The van der Waals surface area contributed by atoms with E-state index in [1.54, 1.807) is 13.1 Å². The van der Waals surface area contributed by atoms with E-state index in [-0.39, 0.29) is 17.6 Å². The fourth-order valence-electron chi connectivity index (χ4n) is 4.44. The van der Waals surface area contributed by atoms with Crippen LogP contribution in [0.2, 0.25) is 0 Å². The van der Waals surface area contributed by atoms with E-state index in [4.69, 9.17) is 9.26 Å². The van der Waals surface area contributed by atoms with Crippen LogP contribution in [-0.4, -0.2) is 29.3 Å². The number of allylic oxidation sites excluding steroid dienone is 5. The van der Waals surface area contributed by atoms with Gasteiger partial charge in [0, 0.05) is 24.7 Å². The number of aliphatic carboxylic acids is 1. The highest BCUT2D eigenvalue weighted by Gasteiger charge is 2.43. The molecule has 0 spiro atoms. The SMILES string of the molecule is CCCCCC1=CC/C=C2/CCC/C(=C/1NC(=NC)OC(C)(C(=O)O)c1cc(C(C)C)on1)C2. The average Bonchev–Trinajstić information content (AvgIpc) is 3.32. The Bertz CT molecular complexity index is 999. The van der Waals surface area contributed by atoms with Crippen LogP contribution in [0.3, 0.4) is 0 Å². The second kappa shape index (κ2) is 11.5. The van der Waals surface area contributed by atoms with Crippen molar-refractivity contribution in [1.82, 2.24) is 10.5 Å². The minimum atomic E-state index is -1.74. The van der Waals surface area contributed by atoms with Crippen molar-refractivity contribution in [3.8, 4) is 0 Å². The number of nitrogens with zero attached hydrogens (tertiary/aromatic N) is 2.